The Labute approximate surface area is 107 Å². The molecule has 0 bridgehead atoms. The predicted octanol–water partition coefficient (Wildman–Crippen LogP) is 1.09. The van der Waals surface area contributed by atoms with Gasteiger partial charge < -0.3 is 14.8 Å². The number of rotatable bonds is 3. The molecule has 1 heterocycles. The van der Waals surface area contributed by atoms with Gasteiger partial charge >= 0.3 is 11.9 Å². The fourth-order valence-electron chi connectivity index (χ4n) is 1.94. The molecule has 0 fully saturated rings. The molecule has 0 aliphatic heterocycles. The highest BCUT2D eigenvalue weighted by molar-refractivity contribution is 5.93. The predicted molar refractivity (Wildman–Crippen MR) is 67.5 cm³/mol. The standard InChI is InChI=1S/C13H11NO5/c1-7-2-3-10-8(4-7)12(17)9(13(18)19)5-14(10)6-11(15)16/h2-5H,6H2,1H3,(H,15,16)(H,18,19). The zero-order chi connectivity index (χ0) is 14.2. The van der Waals surface area contributed by atoms with Crippen molar-refractivity contribution in [1.29, 1.82) is 0 Å². The van der Waals surface area contributed by atoms with Gasteiger partial charge in [0.05, 0.1) is 5.52 Å². The van der Waals surface area contributed by atoms with Crippen molar-refractivity contribution < 1.29 is 19.8 Å². The molecule has 2 rings (SSSR count). The number of benzene rings is 1. The Balaban J connectivity index is 2.87. The molecule has 0 saturated heterocycles. The highest BCUT2D eigenvalue weighted by Gasteiger charge is 2.15. The number of carboxylic acids is 2. The van der Waals surface area contributed by atoms with Gasteiger partial charge in [0.1, 0.15) is 12.1 Å². The molecule has 2 N–H and O–H groups in total. The lowest BCUT2D eigenvalue weighted by Gasteiger charge is -2.10. The summed E-state index contributed by atoms with van der Waals surface area (Å²) in [6.45, 7) is 1.37. The largest absolute Gasteiger partial charge is 0.480 e. The van der Waals surface area contributed by atoms with Crippen LogP contribution in [-0.2, 0) is 11.3 Å². The topological polar surface area (TPSA) is 96.6 Å². The molecule has 0 saturated carbocycles. The van der Waals surface area contributed by atoms with Crippen LogP contribution in [0.2, 0.25) is 0 Å². The van der Waals surface area contributed by atoms with E-state index in [4.69, 9.17) is 10.2 Å². The zero-order valence-electron chi connectivity index (χ0n) is 10.1. The van der Waals surface area contributed by atoms with Crippen LogP contribution < -0.4 is 5.43 Å². The summed E-state index contributed by atoms with van der Waals surface area (Å²) in [4.78, 5) is 33.8. The van der Waals surface area contributed by atoms with Crippen molar-refractivity contribution in [1.82, 2.24) is 4.57 Å². The monoisotopic (exact) mass is 261 g/mol. The van der Waals surface area contributed by atoms with E-state index >= 15 is 0 Å². The first-order chi connectivity index (χ1) is 8.90. The number of hydrogen-bond acceptors (Lipinski definition) is 3. The molecule has 0 aliphatic carbocycles. The van der Waals surface area contributed by atoms with Crippen molar-refractivity contribution in [3.05, 3.63) is 45.7 Å². The number of hydrogen-bond donors (Lipinski definition) is 2. The molecule has 19 heavy (non-hydrogen) atoms. The van der Waals surface area contributed by atoms with Crippen molar-refractivity contribution >= 4 is 22.8 Å². The Hall–Kier alpha value is -2.63. The number of aromatic nitrogens is 1. The van der Waals surface area contributed by atoms with Gasteiger partial charge in [0.2, 0.25) is 5.43 Å². The normalized spacial score (nSPS) is 10.6. The molecular weight excluding hydrogens is 250 g/mol. The fraction of sp³-hybridized carbons (Fsp3) is 0.154. The number of fused-ring (bicyclic) bond motifs is 1. The lowest BCUT2D eigenvalue weighted by molar-refractivity contribution is -0.137. The van der Waals surface area contributed by atoms with Crippen LogP contribution in [0.5, 0.6) is 0 Å². The fourth-order valence-corrected chi connectivity index (χ4v) is 1.94. The SMILES string of the molecule is Cc1ccc2c(c1)c(=O)c(C(=O)O)cn2CC(=O)O. The van der Waals surface area contributed by atoms with Crippen LogP contribution in [0.3, 0.4) is 0 Å². The summed E-state index contributed by atoms with van der Waals surface area (Å²) < 4.78 is 1.25. The lowest BCUT2D eigenvalue weighted by atomic mass is 10.1. The summed E-state index contributed by atoms with van der Waals surface area (Å²) in [6, 6.07) is 4.91. The Kier molecular flexibility index (Phi) is 3.08. The second kappa shape index (κ2) is 4.56. The van der Waals surface area contributed by atoms with E-state index in [1.807, 2.05) is 0 Å². The highest BCUT2D eigenvalue weighted by atomic mass is 16.4. The Morgan fingerprint density at radius 1 is 1.26 bits per heavy atom. The van der Waals surface area contributed by atoms with E-state index in [0.717, 1.165) is 11.8 Å². The maximum Gasteiger partial charge on any atom is 0.341 e. The van der Waals surface area contributed by atoms with Gasteiger partial charge in [-0.2, -0.15) is 0 Å². The molecule has 1 aromatic carbocycles. The summed E-state index contributed by atoms with van der Waals surface area (Å²) >= 11 is 0. The van der Waals surface area contributed by atoms with Gasteiger partial charge in [-0.1, -0.05) is 11.6 Å². The van der Waals surface area contributed by atoms with Crippen LogP contribution in [0.4, 0.5) is 0 Å². The van der Waals surface area contributed by atoms with Gasteiger partial charge in [-0.3, -0.25) is 9.59 Å². The van der Waals surface area contributed by atoms with Crippen molar-refractivity contribution in [2.45, 2.75) is 13.5 Å². The zero-order valence-corrected chi connectivity index (χ0v) is 10.1. The summed E-state index contributed by atoms with van der Waals surface area (Å²) in [5.41, 5.74) is 0.171. The summed E-state index contributed by atoms with van der Waals surface area (Å²) in [7, 11) is 0. The Bertz CT molecular complexity index is 745. The molecule has 98 valence electrons. The molecule has 2 aromatic rings. The van der Waals surface area contributed by atoms with Crippen molar-refractivity contribution in [2.75, 3.05) is 0 Å². The number of carbonyl (C=O) groups is 2. The van der Waals surface area contributed by atoms with Crippen LogP contribution in [0.25, 0.3) is 10.9 Å². The third-order valence-corrected chi connectivity index (χ3v) is 2.77. The molecule has 1 aromatic heterocycles. The van der Waals surface area contributed by atoms with Gasteiger partial charge in [0, 0.05) is 11.6 Å². The molecule has 0 spiro atoms. The van der Waals surface area contributed by atoms with E-state index < -0.39 is 29.5 Å². The number of carboxylic acid groups (broad SMARTS) is 2. The van der Waals surface area contributed by atoms with E-state index in [9.17, 15) is 14.4 Å². The third kappa shape index (κ3) is 2.33. The highest BCUT2D eigenvalue weighted by Crippen LogP contribution is 2.14. The van der Waals surface area contributed by atoms with Crippen molar-refractivity contribution in [3.8, 4) is 0 Å². The smallest absolute Gasteiger partial charge is 0.341 e. The number of aryl methyl sites for hydroxylation is 1. The quantitative estimate of drug-likeness (QED) is 0.862. The molecule has 0 radical (unpaired) electrons. The second-order valence-corrected chi connectivity index (χ2v) is 4.22. The molecule has 0 unspecified atom stereocenters. The minimum absolute atomic E-state index is 0.209. The first-order valence-corrected chi connectivity index (χ1v) is 5.49. The average Bonchev–Trinajstić information content (AvgIpc) is 2.31. The van der Waals surface area contributed by atoms with E-state index in [-0.39, 0.29) is 5.39 Å². The van der Waals surface area contributed by atoms with E-state index in [0.29, 0.717) is 5.52 Å². The van der Waals surface area contributed by atoms with Gasteiger partial charge in [-0.15, -0.1) is 0 Å². The molecule has 0 amide bonds. The minimum Gasteiger partial charge on any atom is -0.480 e. The Morgan fingerprint density at radius 3 is 2.53 bits per heavy atom. The van der Waals surface area contributed by atoms with E-state index in [1.165, 1.54) is 4.57 Å². The van der Waals surface area contributed by atoms with Crippen LogP contribution in [0, 0.1) is 6.92 Å². The number of nitrogens with zero attached hydrogens (tertiary/aromatic N) is 1. The van der Waals surface area contributed by atoms with Crippen LogP contribution in [0.15, 0.2) is 29.2 Å². The first kappa shape index (κ1) is 12.8. The second-order valence-electron chi connectivity index (χ2n) is 4.22. The number of aromatic carboxylic acids is 1. The maximum absolute atomic E-state index is 12.0. The first-order valence-electron chi connectivity index (χ1n) is 5.49. The van der Waals surface area contributed by atoms with Gasteiger partial charge in [0.25, 0.3) is 0 Å². The number of aliphatic carboxylic acids is 1. The van der Waals surface area contributed by atoms with Crippen molar-refractivity contribution in [2.24, 2.45) is 0 Å². The van der Waals surface area contributed by atoms with Gasteiger partial charge in [-0.05, 0) is 19.1 Å². The Morgan fingerprint density at radius 2 is 1.95 bits per heavy atom. The van der Waals surface area contributed by atoms with E-state index in [1.54, 1.807) is 25.1 Å². The van der Waals surface area contributed by atoms with Crippen LogP contribution >= 0.6 is 0 Å². The van der Waals surface area contributed by atoms with Crippen LogP contribution in [0.1, 0.15) is 15.9 Å². The van der Waals surface area contributed by atoms with Crippen molar-refractivity contribution in [3.63, 3.8) is 0 Å². The molecule has 6 nitrogen and oxygen atoms in total. The van der Waals surface area contributed by atoms with E-state index in [2.05, 4.69) is 0 Å². The van der Waals surface area contributed by atoms with Gasteiger partial charge in [-0.25, -0.2) is 4.79 Å². The molecular formula is C13H11NO5. The summed E-state index contributed by atoms with van der Waals surface area (Å²) in [5, 5.41) is 18.0. The van der Waals surface area contributed by atoms with Gasteiger partial charge in [0.15, 0.2) is 0 Å². The lowest BCUT2D eigenvalue weighted by Crippen LogP contribution is -2.21. The molecule has 0 aliphatic rings. The number of pyridine rings is 1. The average molecular weight is 261 g/mol. The molecule has 0 atom stereocenters. The summed E-state index contributed by atoms with van der Waals surface area (Å²) in [6.07, 6.45) is 1.07. The molecule has 6 heteroatoms. The summed E-state index contributed by atoms with van der Waals surface area (Å²) in [5.74, 6) is -2.48. The maximum atomic E-state index is 12.0. The third-order valence-electron chi connectivity index (χ3n) is 2.77. The van der Waals surface area contributed by atoms with Crippen LogP contribution in [-0.4, -0.2) is 26.7 Å². The minimum atomic E-state index is -1.37.